The van der Waals surface area contributed by atoms with Crippen molar-refractivity contribution in [1.29, 1.82) is 0 Å². The molecular weight excluding hydrogens is 212 g/mol. The highest BCUT2D eigenvalue weighted by Crippen LogP contribution is 2.39. The Morgan fingerprint density at radius 1 is 1.73 bits per heavy atom. The SMILES string of the molecule is CC1OCCC1(CCl)Cc1cnn(C)c1. The molecule has 2 unspecified atom stereocenters. The van der Waals surface area contributed by atoms with E-state index in [4.69, 9.17) is 16.3 Å². The third-order valence-electron chi connectivity index (χ3n) is 3.41. The summed E-state index contributed by atoms with van der Waals surface area (Å²) in [5.74, 6) is 0.656. The monoisotopic (exact) mass is 228 g/mol. The van der Waals surface area contributed by atoms with E-state index >= 15 is 0 Å². The van der Waals surface area contributed by atoms with Crippen LogP contribution in [0.25, 0.3) is 0 Å². The lowest BCUT2D eigenvalue weighted by Crippen LogP contribution is -2.33. The first-order valence-electron chi connectivity index (χ1n) is 5.31. The van der Waals surface area contributed by atoms with Gasteiger partial charge in [-0.1, -0.05) is 0 Å². The lowest BCUT2D eigenvalue weighted by molar-refractivity contribution is 0.0735. The molecule has 2 heterocycles. The molecule has 2 rings (SSSR count). The molecule has 0 aromatic carbocycles. The van der Waals surface area contributed by atoms with Crippen LogP contribution in [0.5, 0.6) is 0 Å². The molecule has 0 bridgehead atoms. The van der Waals surface area contributed by atoms with Gasteiger partial charge in [0.15, 0.2) is 0 Å². The maximum atomic E-state index is 6.11. The summed E-state index contributed by atoms with van der Waals surface area (Å²) < 4.78 is 7.46. The van der Waals surface area contributed by atoms with Crippen LogP contribution in [-0.2, 0) is 18.2 Å². The van der Waals surface area contributed by atoms with Crippen LogP contribution in [-0.4, -0.2) is 28.4 Å². The Morgan fingerprint density at radius 3 is 3.00 bits per heavy atom. The first-order valence-corrected chi connectivity index (χ1v) is 5.85. The number of nitrogens with zero attached hydrogens (tertiary/aromatic N) is 2. The van der Waals surface area contributed by atoms with E-state index < -0.39 is 0 Å². The second kappa shape index (κ2) is 4.14. The van der Waals surface area contributed by atoms with Gasteiger partial charge in [-0.25, -0.2) is 0 Å². The van der Waals surface area contributed by atoms with E-state index in [2.05, 4.69) is 18.2 Å². The van der Waals surface area contributed by atoms with E-state index in [9.17, 15) is 0 Å². The predicted molar refractivity (Wildman–Crippen MR) is 60.1 cm³/mol. The molecule has 0 aliphatic carbocycles. The zero-order chi connectivity index (χ0) is 10.9. The molecule has 15 heavy (non-hydrogen) atoms. The third kappa shape index (κ3) is 2.04. The summed E-state index contributed by atoms with van der Waals surface area (Å²) in [5, 5.41) is 4.18. The fourth-order valence-corrected chi connectivity index (χ4v) is 2.69. The van der Waals surface area contributed by atoms with Crippen LogP contribution in [0.1, 0.15) is 18.9 Å². The minimum absolute atomic E-state index is 0.102. The van der Waals surface area contributed by atoms with Gasteiger partial charge in [-0.15, -0.1) is 11.6 Å². The van der Waals surface area contributed by atoms with Gasteiger partial charge < -0.3 is 4.74 Å². The van der Waals surface area contributed by atoms with Gasteiger partial charge in [-0.05, 0) is 25.3 Å². The second-order valence-electron chi connectivity index (χ2n) is 4.46. The van der Waals surface area contributed by atoms with Crippen LogP contribution >= 0.6 is 11.6 Å². The molecule has 0 amide bonds. The molecule has 0 saturated carbocycles. The Balaban J connectivity index is 2.14. The summed E-state index contributed by atoms with van der Waals surface area (Å²) in [5.41, 5.74) is 1.35. The number of alkyl halides is 1. The maximum absolute atomic E-state index is 6.11. The number of halogens is 1. The van der Waals surface area contributed by atoms with E-state index in [1.165, 1.54) is 5.56 Å². The quantitative estimate of drug-likeness (QED) is 0.740. The maximum Gasteiger partial charge on any atom is 0.0618 e. The van der Waals surface area contributed by atoms with Crippen molar-refractivity contribution in [2.75, 3.05) is 12.5 Å². The normalized spacial score (nSPS) is 31.0. The summed E-state index contributed by atoms with van der Waals surface area (Å²) in [6, 6.07) is 0. The highest BCUT2D eigenvalue weighted by atomic mass is 35.5. The lowest BCUT2D eigenvalue weighted by atomic mass is 9.79. The van der Waals surface area contributed by atoms with E-state index in [0.29, 0.717) is 5.88 Å². The standard InChI is InChI=1S/C11H17ClN2O/c1-9-11(8-12,3-4-15-9)5-10-6-13-14(2)7-10/h6-7,9H,3-5,8H2,1-2H3. The fraction of sp³-hybridized carbons (Fsp3) is 0.727. The molecular formula is C11H17ClN2O. The number of aryl methyl sites for hydroxylation is 1. The van der Waals surface area contributed by atoms with Gasteiger partial charge in [0, 0.05) is 31.1 Å². The molecule has 0 spiro atoms. The van der Waals surface area contributed by atoms with Crippen molar-refractivity contribution in [2.45, 2.75) is 25.9 Å². The molecule has 1 fully saturated rings. The molecule has 1 saturated heterocycles. The molecule has 0 N–H and O–H groups in total. The van der Waals surface area contributed by atoms with Gasteiger partial charge in [0.2, 0.25) is 0 Å². The molecule has 0 radical (unpaired) electrons. The van der Waals surface area contributed by atoms with E-state index in [1.807, 2.05) is 17.9 Å². The highest BCUT2D eigenvalue weighted by molar-refractivity contribution is 6.18. The van der Waals surface area contributed by atoms with E-state index in [0.717, 1.165) is 19.4 Å². The first-order chi connectivity index (χ1) is 7.16. The smallest absolute Gasteiger partial charge is 0.0618 e. The zero-order valence-electron chi connectivity index (χ0n) is 9.24. The summed E-state index contributed by atoms with van der Waals surface area (Å²) in [6.45, 7) is 2.94. The Kier molecular flexibility index (Phi) is 3.03. The van der Waals surface area contributed by atoms with Gasteiger partial charge >= 0.3 is 0 Å². The molecule has 1 aliphatic rings. The Bertz CT molecular complexity index is 339. The summed E-state index contributed by atoms with van der Waals surface area (Å²) in [6.07, 6.45) is 6.23. The number of hydrogen-bond donors (Lipinski definition) is 0. The van der Waals surface area contributed by atoms with Crippen LogP contribution in [0.2, 0.25) is 0 Å². The number of rotatable bonds is 3. The Morgan fingerprint density at radius 2 is 2.53 bits per heavy atom. The van der Waals surface area contributed by atoms with Crippen molar-refractivity contribution in [3.8, 4) is 0 Å². The molecule has 3 nitrogen and oxygen atoms in total. The third-order valence-corrected chi connectivity index (χ3v) is 3.94. The van der Waals surface area contributed by atoms with Gasteiger partial charge in [-0.2, -0.15) is 5.10 Å². The van der Waals surface area contributed by atoms with Crippen molar-refractivity contribution in [3.63, 3.8) is 0 Å². The average molecular weight is 229 g/mol. The van der Waals surface area contributed by atoms with Crippen LogP contribution in [0.4, 0.5) is 0 Å². The molecule has 84 valence electrons. The highest BCUT2D eigenvalue weighted by Gasteiger charge is 2.40. The Hall–Kier alpha value is -0.540. The molecule has 1 aromatic heterocycles. The van der Waals surface area contributed by atoms with Crippen LogP contribution in [0.15, 0.2) is 12.4 Å². The van der Waals surface area contributed by atoms with E-state index in [-0.39, 0.29) is 11.5 Å². The van der Waals surface area contributed by atoms with Crippen molar-refractivity contribution < 1.29 is 4.74 Å². The van der Waals surface area contributed by atoms with Gasteiger partial charge in [0.25, 0.3) is 0 Å². The summed E-state index contributed by atoms with van der Waals surface area (Å²) in [4.78, 5) is 0. The average Bonchev–Trinajstić information content (AvgIpc) is 2.76. The second-order valence-corrected chi connectivity index (χ2v) is 4.73. The van der Waals surface area contributed by atoms with Crippen molar-refractivity contribution in [3.05, 3.63) is 18.0 Å². The zero-order valence-corrected chi connectivity index (χ0v) is 10.00. The molecule has 4 heteroatoms. The predicted octanol–water partition coefficient (Wildman–Crippen LogP) is 2.00. The van der Waals surface area contributed by atoms with Crippen LogP contribution in [0, 0.1) is 5.41 Å². The summed E-state index contributed by atoms with van der Waals surface area (Å²) >= 11 is 6.11. The topological polar surface area (TPSA) is 27.1 Å². The number of aromatic nitrogens is 2. The van der Waals surface area contributed by atoms with Gasteiger partial charge in [0.05, 0.1) is 12.3 Å². The largest absolute Gasteiger partial charge is 0.378 e. The fourth-order valence-electron chi connectivity index (χ4n) is 2.24. The minimum atomic E-state index is 0.102. The molecule has 1 aliphatic heterocycles. The lowest BCUT2D eigenvalue weighted by Gasteiger charge is -2.29. The molecule has 1 aromatic rings. The first kappa shape index (κ1) is 11.0. The van der Waals surface area contributed by atoms with Crippen LogP contribution in [0.3, 0.4) is 0 Å². The van der Waals surface area contributed by atoms with Gasteiger partial charge in [0.1, 0.15) is 0 Å². The van der Waals surface area contributed by atoms with E-state index in [1.54, 1.807) is 0 Å². The number of hydrogen-bond acceptors (Lipinski definition) is 2. The van der Waals surface area contributed by atoms with Crippen molar-refractivity contribution >= 4 is 11.6 Å². The summed E-state index contributed by atoms with van der Waals surface area (Å²) in [7, 11) is 1.94. The van der Waals surface area contributed by atoms with Crippen molar-refractivity contribution in [1.82, 2.24) is 9.78 Å². The number of ether oxygens (including phenoxy) is 1. The van der Waals surface area contributed by atoms with Gasteiger partial charge in [-0.3, -0.25) is 4.68 Å². The van der Waals surface area contributed by atoms with Crippen LogP contribution < -0.4 is 0 Å². The molecule has 2 atom stereocenters. The minimum Gasteiger partial charge on any atom is -0.378 e. The van der Waals surface area contributed by atoms with Crippen molar-refractivity contribution in [2.24, 2.45) is 12.5 Å². The Labute approximate surface area is 95.4 Å².